The largest absolute Gasteiger partial charge is 0.454 e. The molecule has 0 N–H and O–H groups in total. The highest BCUT2D eigenvalue weighted by Crippen LogP contribution is 2.41. The fourth-order valence-corrected chi connectivity index (χ4v) is 7.92. The zero-order valence-electron chi connectivity index (χ0n) is 30.2. The summed E-state index contributed by atoms with van der Waals surface area (Å²) in [7, 11) is 0. The minimum atomic E-state index is 0.584. The minimum absolute atomic E-state index is 0.584. The molecule has 3 heterocycles. The first-order chi connectivity index (χ1) is 27.7. The molecule has 8 aromatic carbocycles. The van der Waals surface area contributed by atoms with E-state index in [4.69, 9.17) is 19.4 Å². The first-order valence-electron chi connectivity index (χ1n) is 18.8. The third-order valence-electron chi connectivity index (χ3n) is 10.7. The van der Waals surface area contributed by atoms with Crippen LogP contribution in [0, 0.1) is 0 Å². The SMILES string of the molecule is c1ccc(-c2ccc(-c3nc(-c4ccccc4)nc(-c4ccc5c(c4)oc4c5ccc5c6ccccc6n(-c6ccc(-c7ccccc7)cc6)c54)n3)cc2)cc1. The molecule has 0 aliphatic rings. The minimum Gasteiger partial charge on any atom is -0.454 e. The smallest absolute Gasteiger partial charge is 0.164 e. The standard InChI is InChI=1S/C51H32N4O/c1-4-12-33(13-5-1)35-20-22-38(23-21-35)50-52-49(37-16-8-3-9-17-37)53-51(54-50)39-26-29-42-44-31-30-43-41-18-10-11-19-45(41)55(47(43)48(44)56-46(42)32-39)40-27-24-36(25-28-40)34-14-6-2-7-15-34/h1-32H. The van der Waals surface area contributed by atoms with Crippen molar-refractivity contribution >= 4 is 43.7 Å². The van der Waals surface area contributed by atoms with E-state index in [0.29, 0.717) is 17.5 Å². The van der Waals surface area contributed by atoms with Gasteiger partial charge in [0.25, 0.3) is 0 Å². The summed E-state index contributed by atoms with van der Waals surface area (Å²) in [6.07, 6.45) is 0. The molecular weight excluding hydrogens is 685 g/mol. The molecule has 0 spiro atoms. The lowest BCUT2D eigenvalue weighted by molar-refractivity contribution is 0.671. The number of hydrogen-bond donors (Lipinski definition) is 0. The van der Waals surface area contributed by atoms with Crippen LogP contribution in [0.5, 0.6) is 0 Å². The van der Waals surface area contributed by atoms with Gasteiger partial charge in [0.1, 0.15) is 5.58 Å². The maximum absolute atomic E-state index is 6.91. The molecule has 0 radical (unpaired) electrons. The van der Waals surface area contributed by atoms with E-state index < -0.39 is 0 Å². The number of hydrogen-bond acceptors (Lipinski definition) is 4. The van der Waals surface area contributed by atoms with Crippen LogP contribution in [0.25, 0.3) is 106 Å². The quantitative estimate of drug-likeness (QED) is 0.172. The number of fused-ring (bicyclic) bond motifs is 7. The lowest BCUT2D eigenvalue weighted by atomic mass is 10.0. The fourth-order valence-electron chi connectivity index (χ4n) is 7.92. The van der Waals surface area contributed by atoms with Gasteiger partial charge in [-0.3, -0.25) is 0 Å². The number of benzene rings is 8. The van der Waals surface area contributed by atoms with E-state index in [2.05, 4.69) is 156 Å². The summed E-state index contributed by atoms with van der Waals surface area (Å²) < 4.78 is 9.24. The Kier molecular flexibility index (Phi) is 7.42. The van der Waals surface area contributed by atoms with Gasteiger partial charge in [0, 0.05) is 43.9 Å². The fraction of sp³-hybridized carbons (Fsp3) is 0. The van der Waals surface area contributed by atoms with Crippen LogP contribution in [0.15, 0.2) is 199 Å². The molecule has 262 valence electrons. The van der Waals surface area contributed by atoms with Crippen LogP contribution in [0.4, 0.5) is 0 Å². The Morgan fingerprint density at radius 1 is 0.339 bits per heavy atom. The molecule has 0 saturated heterocycles. The lowest BCUT2D eigenvalue weighted by Gasteiger charge is -2.09. The second-order valence-corrected chi connectivity index (χ2v) is 14.0. The lowest BCUT2D eigenvalue weighted by Crippen LogP contribution is -2.00. The molecule has 0 amide bonds. The van der Waals surface area contributed by atoms with Crippen LogP contribution in [-0.2, 0) is 0 Å². The van der Waals surface area contributed by atoms with Gasteiger partial charge in [-0.15, -0.1) is 0 Å². The maximum atomic E-state index is 6.91. The van der Waals surface area contributed by atoms with Gasteiger partial charge in [-0.2, -0.15) is 0 Å². The molecule has 3 aromatic heterocycles. The van der Waals surface area contributed by atoms with Gasteiger partial charge >= 0.3 is 0 Å². The Labute approximate surface area is 322 Å². The second-order valence-electron chi connectivity index (χ2n) is 14.0. The van der Waals surface area contributed by atoms with Crippen molar-refractivity contribution < 1.29 is 4.42 Å². The first kappa shape index (κ1) is 31.9. The molecule has 5 nitrogen and oxygen atoms in total. The monoisotopic (exact) mass is 716 g/mol. The third kappa shape index (κ3) is 5.37. The van der Waals surface area contributed by atoms with Gasteiger partial charge in [-0.05, 0) is 58.7 Å². The summed E-state index contributed by atoms with van der Waals surface area (Å²) in [5.74, 6) is 1.82. The highest BCUT2D eigenvalue weighted by Gasteiger charge is 2.20. The van der Waals surface area contributed by atoms with Crippen molar-refractivity contribution in [2.24, 2.45) is 0 Å². The average Bonchev–Trinajstić information content (AvgIpc) is 3.83. The number of nitrogens with zero attached hydrogens (tertiary/aromatic N) is 4. The van der Waals surface area contributed by atoms with Crippen LogP contribution >= 0.6 is 0 Å². The average molecular weight is 717 g/mol. The molecule has 0 fully saturated rings. The number of rotatable bonds is 6. The molecule has 0 unspecified atom stereocenters. The molecule has 11 aromatic rings. The third-order valence-corrected chi connectivity index (χ3v) is 10.7. The van der Waals surface area contributed by atoms with E-state index in [1.54, 1.807) is 0 Å². The summed E-state index contributed by atoms with van der Waals surface area (Å²) >= 11 is 0. The topological polar surface area (TPSA) is 56.7 Å². The van der Waals surface area contributed by atoms with E-state index in [0.717, 1.165) is 71.9 Å². The van der Waals surface area contributed by atoms with Crippen molar-refractivity contribution in [1.29, 1.82) is 0 Å². The summed E-state index contributed by atoms with van der Waals surface area (Å²) in [6, 6.07) is 67.4. The highest BCUT2D eigenvalue weighted by atomic mass is 16.3. The predicted molar refractivity (Wildman–Crippen MR) is 229 cm³/mol. The first-order valence-corrected chi connectivity index (χ1v) is 18.8. The molecule has 0 bridgehead atoms. The van der Waals surface area contributed by atoms with Crippen molar-refractivity contribution in [2.75, 3.05) is 0 Å². The van der Waals surface area contributed by atoms with Gasteiger partial charge in [-0.1, -0.05) is 158 Å². The van der Waals surface area contributed by atoms with Gasteiger partial charge in [0.15, 0.2) is 23.1 Å². The van der Waals surface area contributed by atoms with Crippen molar-refractivity contribution in [3.63, 3.8) is 0 Å². The Bertz CT molecular complexity index is 3200. The van der Waals surface area contributed by atoms with Gasteiger partial charge in [0.2, 0.25) is 0 Å². The van der Waals surface area contributed by atoms with E-state index >= 15 is 0 Å². The van der Waals surface area contributed by atoms with Gasteiger partial charge < -0.3 is 8.98 Å². The van der Waals surface area contributed by atoms with Gasteiger partial charge in [0.05, 0.1) is 11.0 Å². The Hall–Kier alpha value is -7.63. The number of para-hydroxylation sites is 1. The number of furan rings is 1. The summed E-state index contributed by atoms with van der Waals surface area (Å²) in [5, 5.41) is 4.42. The van der Waals surface area contributed by atoms with E-state index in [1.165, 1.54) is 16.5 Å². The van der Waals surface area contributed by atoms with E-state index in [-0.39, 0.29) is 0 Å². The molecule has 56 heavy (non-hydrogen) atoms. The molecule has 0 atom stereocenters. The van der Waals surface area contributed by atoms with Crippen LogP contribution in [0.3, 0.4) is 0 Å². The van der Waals surface area contributed by atoms with Crippen molar-refractivity contribution in [1.82, 2.24) is 19.5 Å². The second kappa shape index (κ2) is 13.0. The molecule has 0 aliphatic carbocycles. The van der Waals surface area contributed by atoms with Crippen molar-refractivity contribution in [3.05, 3.63) is 194 Å². The number of aromatic nitrogens is 4. The normalized spacial score (nSPS) is 11.6. The predicted octanol–water partition coefficient (Wildman–Crippen LogP) is 13.2. The molecule has 5 heteroatoms. The molecule has 0 saturated carbocycles. The Balaban J connectivity index is 1.06. The van der Waals surface area contributed by atoms with E-state index in [1.807, 2.05) is 42.5 Å². The highest BCUT2D eigenvalue weighted by molar-refractivity contribution is 6.21. The van der Waals surface area contributed by atoms with Crippen LogP contribution in [0.2, 0.25) is 0 Å². The van der Waals surface area contributed by atoms with Crippen LogP contribution < -0.4 is 0 Å². The molecular formula is C51H32N4O. The van der Waals surface area contributed by atoms with Crippen molar-refractivity contribution in [2.45, 2.75) is 0 Å². The van der Waals surface area contributed by atoms with Crippen LogP contribution in [-0.4, -0.2) is 19.5 Å². The zero-order chi connectivity index (χ0) is 37.0. The zero-order valence-corrected chi connectivity index (χ0v) is 30.2. The van der Waals surface area contributed by atoms with E-state index in [9.17, 15) is 0 Å². The molecule has 11 rings (SSSR count). The maximum Gasteiger partial charge on any atom is 0.164 e. The summed E-state index contributed by atoms with van der Waals surface area (Å²) in [4.78, 5) is 15.0. The van der Waals surface area contributed by atoms with Crippen molar-refractivity contribution in [3.8, 4) is 62.1 Å². The Morgan fingerprint density at radius 2 is 0.786 bits per heavy atom. The molecule has 0 aliphatic heterocycles. The Morgan fingerprint density at radius 3 is 1.43 bits per heavy atom. The van der Waals surface area contributed by atoms with Crippen LogP contribution in [0.1, 0.15) is 0 Å². The summed E-state index contributed by atoms with van der Waals surface area (Å²) in [6.45, 7) is 0. The summed E-state index contributed by atoms with van der Waals surface area (Å²) in [5.41, 5.74) is 12.2. The van der Waals surface area contributed by atoms with Gasteiger partial charge in [-0.25, -0.2) is 15.0 Å².